The number of Topliss-reactive ketones (excluding diaryl/α,β-unsaturated/α-hetero) is 1. The quantitative estimate of drug-likeness (QED) is 0.660. The van der Waals surface area contributed by atoms with Crippen LogP contribution in [0.3, 0.4) is 0 Å². The number of ketones is 1. The molecule has 0 saturated heterocycles. The van der Waals surface area contributed by atoms with Gasteiger partial charge in [-0.1, -0.05) is 39.7 Å². The molecule has 2 aliphatic rings. The largest absolute Gasteiger partial charge is 0.417 e. The van der Waals surface area contributed by atoms with E-state index in [0.29, 0.717) is 17.6 Å². The molecule has 0 aromatic heterocycles. The zero-order chi connectivity index (χ0) is 15.8. The third-order valence-corrected chi connectivity index (χ3v) is 10.3. The van der Waals surface area contributed by atoms with Crippen LogP contribution in [-0.2, 0) is 9.22 Å². The van der Waals surface area contributed by atoms with Crippen LogP contribution in [0.2, 0.25) is 18.1 Å². The molecule has 1 saturated carbocycles. The molecule has 0 aliphatic heterocycles. The SMILES string of the molecule is CCCC1=C2C[C@@H](CO[Si](C)(C)C(C)(C)C)CC2CC1=O. The lowest BCUT2D eigenvalue weighted by Crippen LogP contribution is -2.41. The minimum absolute atomic E-state index is 0.282. The fourth-order valence-electron chi connectivity index (χ4n) is 3.43. The first-order chi connectivity index (χ1) is 9.65. The average molecular weight is 309 g/mol. The van der Waals surface area contributed by atoms with Crippen LogP contribution in [-0.4, -0.2) is 20.7 Å². The summed E-state index contributed by atoms with van der Waals surface area (Å²) >= 11 is 0. The first kappa shape index (κ1) is 16.9. The Morgan fingerprint density at radius 3 is 2.48 bits per heavy atom. The van der Waals surface area contributed by atoms with Crippen molar-refractivity contribution in [1.29, 1.82) is 0 Å². The monoisotopic (exact) mass is 308 g/mol. The first-order valence-corrected chi connectivity index (χ1v) is 11.5. The molecule has 2 atom stereocenters. The minimum atomic E-state index is -1.64. The maximum Gasteiger partial charge on any atom is 0.191 e. The van der Waals surface area contributed by atoms with Crippen LogP contribution in [0.25, 0.3) is 0 Å². The van der Waals surface area contributed by atoms with E-state index in [2.05, 4.69) is 40.8 Å². The summed E-state index contributed by atoms with van der Waals surface area (Å²) in [5.74, 6) is 1.62. The fraction of sp³-hybridized carbons (Fsp3) is 0.833. The van der Waals surface area contributed by atoms with Gasteiger partial charge >= 0.3 is 0 Å². The predicted molar refractivity (Wildman–Crippen MR) is 90.9 cm³/mol. The van der Waals surface area contributed by atoms with Crippen LogP contribution >= 0.6 is 0 Å². The molecule has 0 aromatic rings. The van der Waals surface area contributed by atoms with Crippen LogP contribution in [0.1, 0.15) is 59.8 Å². The summed E-state index contributed by atoms with van der Waals surface area (Å²) in [5, 5.41) is 0.282. The summed E-state index contributed by atoms with van der Waals surface area (Å²) < 4.78 is 6.40. The van der Waals surface area contributed by atoms with Crippen LogP contribution < -0.4 is 0 Å². The van der Waals surface area contributed by atoms with Crippen molar-refractivity contribution in [2.24, 2.45) is 11.8 Å². The highest BCUT2D eigenvalue weighted by molar-refractivity contribution is 6.74. The summed E-state index contributed by atoms with van der Waals surface area (Å²) in [4.78, 5) is 12.1. The van der Waals surface area contributed by atoms with Gasteiger partial charge in [0.2, 0.25) is 0 Å². The highest BCUT2D eigenvalue weighted by Crippen LogP contribution is 2.46. The number of carbonyl (C=O) groups is 1. The molecule has 0 radical (unpaired) electrons. The average Bonchev–Trinajstić information content (AvgIpc) is 2.85. The lowest BCUT2D eigenvalue weighted by Gasteiger charge is -2.37. The van der Waals surface area contributed by atoms with E-state index in [1.807, 2.05) is 0 Å². The van der Waals surface area contributed by atoms with E-state index in [4.69, 9.17) is 4.43 Å². The Morgan fingerprint density at radius 1 is 1.24 bits per heavy atom. The Bertz CT molecular complexity index is 443. The highest BCUT2D eigenvalue weighted by Gasteiger charge is 2.41. The van der Waals surface area contributed by atoms with Gasteiger partial charge in [0.25, 0.3) is 0 Å². The zero-order valence-electron chi connectivity index (χ0n) is 14.7. The molecule has 0 heterocycles. The highest BCUT2D eigenvalue weighted by atomic mass is 28.4. The van der Waals surface area contributed by atoms with Gasteiger partial charge < -0.3 is 4.43 Å². The zero-order valence-corrected chi connectivity index (χ0v) is 15.7. The summed E-state index contributed by atoms with van der Waals surface area (Å²) in [6.45, 7) is 14.6. The number of hydrogen-bond acceptors (Lipinski definition) is 2. The lowest BCUT2D eigenvalue weighted by atomic mass is 10.0. The van der Waals surface area contributed by atoms with E-state index in [1.54, 1.807) is 0 Å². The second-order valence-corrected chi connectivity index (χ2v) is 13.3. The molecule has 0 aromatic carbocycles. The third kappa shape index (κ3) is 3.50. The van der Waals surface area contributed by atoms with Crippen LogP contribution in [0, 0.1) is 11.8 Å². The molecule has 0 spiro atoms. The number of allylic oxidation sites excluding steroid dienone is 2. The van der Waals surface area contributed by atoms with Crippen LogP contribution in [0.15, 0.2) is 11.1 Å². The summed E-state index contributed by atoms with van der Waals surface area (Å²) in [5.41, 5.74) is 2.67. The van der Waals surface area contributed by atoms with E-state index in [0.717, 1.165) is 32.3 Å². The molecule has 0 N–H and O–H groups in total. The van der Waals surface area contributed by atoms with Crippen molar-refractivity contribution in [2.75, 3.05) is 6.61 Å². The molecular formula is C18H32O2Si. The van der Waals surface area contributed by atoms with Crippen molar-refractivity contribution in [3.05, 3.63) is 11.1 Å². The topological polar surface area (TPSA) is 26.3 Å². The van der Waals surface area contributed by atoms with Crippen molar-refractivity contribution in [2.45, 2.75) is 77.9 Å². The van der Waals surface area contributed by atoms with Crippen molar-refractivity contribution in [1.82, 2.24) is 0 Å². The third-order valence-electron chi connectivity index (χ3n) is 5.76. The Hall–Kier alpha value is -0.413. The number of fused-ring (bicyclic) bond motifs is 1. The van der Waals surface area contributed by atoms with Gasteiger partial charge in [-0.25, -0.2) is 0 Å². The number of rotatable bonds is 5. The smallest absolute Gasteiger partial charge is 0.191 e. The number of hydrogen-bond donors (Lipinski definition) is 0. The molecule has 21 heavy (non-hydrogen) atoms. The van der Waals surface area contributed by atoms with Gasteiger partial charge in [-0.2, -0.15) is 0 Å². The molecule has 2 rings (SSSR count). The molecule has 120 valence electrons. The molecule has 1 fully saturated rings. The Labute approximate surface area is 131 Å². The second-order valence-electron chi connectivity index (χ2n) is 8.46. The molecule has 0 bridgehead atoms. The van der Waals surface area contributed by atoms with Crippen molar-refractivity contribution in [3.63, 3.8) is 0 Å². The number of carbonyl (C=O) groups excluding carboxylic acids is 1. The van der Waals surface area contributed by atoms with Crippen molar-refractivity contribution >= 4 is 14.1 Å². The molecule has 2 nitrogen and oxygen atoms in total. The normalized spacial score (nSPS) is 26.7. The van der Waals surface area contributed by atoms with E-state index in [1.165, 1.54) is 17.6 Å². The van der Waals surface area contributed by atoms with E-state index in [9.17, 15) is 4.79 Å². The molecular weight excluding hydrogens is 276 g/mol. The summed E-state index contributed by atoms with van der Waals surface area (Å²) in [6, 6.07) is 0. The van der Waals surface area contributed by atoms with Crippen molar-refractivity contribution in [3.8, 4) is 0 Å². The summed E-state index contributed by atoms with van der Waals surface area (Å²) in [6.07, 6.45) is 5.13. The fourth-order valence-corrected chi connectivity index (χ4v) is 4.51. The van der Waals surface area contributed by atoms with Crippen LogP contribution in [0.5, 0.6) is 0 Å². The second kappa shape index (κ2) is 6.00. The van der Waals surface area contributed by atoms with Gasteiger partial charge in [0.15, 0.2) is 14.1 Å². The van der Waals surface area contributed by atoms with Gasteiger partial charge in [0.1, 0.15) is 0 Å². The minimum Gasteiger partial charge on any atom is -0.417 e. The van der Waals surface area contributed by atoms with E-state index in [-0.39, 0.29) is 5.04 Å². The standard InChI is InChI=1S/C18H32O2Si/c1-7-8-15-16-10-13(9-14(16)11-17(15)19)12-20-21(5,6)18(2,3)4/h13-14H,7-12H2,1-6H3/t13-,14?/m0/s1. The first-order valence-electron chi connectivity index (χ1n) is 8.54. The molecule has 3 heteroatoms. The lowest BCUT2D eigenvalue weighted by molar-refractivity contribution is -0.115. The molecule has 1 unspecified atom stereocenters. The Morgan fingerprint density at radius 2 is 1.90 bits per heavy atom. The van der Waals surface area contributed by atoms with Gasteiger partial charge in [0.05, 0.1) is 0 Å². The maximum absolute atomic E-state index is 12.1. The maximum atomic E-state index is 12.1. The Kier molecular flexibility index (Phi) is 4.84. The van der Waals surface area contributed by atoms with Gasteiger partial charge in [0, 0.05) is 13.0 Å². The molecule has 2 aliphatic carbocycles. The van der Waals surface area contributed by atoms with Crippen LogP contribution in [0.4, 0.5) is 0 Å². The van der Waals surface area contributed by atoms with E-state index >= 15 is 0 Å². The Balaban J connectivity index is 1.97. The summed E-state index contributed by atoms with van der Waals surface area (Å²) in [7, 11) is -1.64. The van der Waals surface area contributed by atoms with Crippen molar-refractivity contribution < 1.29 is 9.22 Å². The van der Waals surface area contributed by atoms with Gasteiger partial charge in [-0.3, -0.25) is 4.79 Å². The predicted octanol–water partition coefficient (Wildman–Crippen LogP) is 5.10. The van der Waals surface area contributed by atoms with E-state index < -0.39 is 8.32 Å². The molecule has 0 amide bonds. The van der Waals surface area contributed by atoms with Gasteiger partial charge in [-0.05, 0) is 54.8 Å². The van der Waals surface area contributed by atoms with Gasteiger partial charge in [-0.15, -0.1) is 0 Å².